The lowest BCUT2D eigenvalue weighted by atomic mass is 9.88. The largest absolute Gasteiger partial charge is 0.369 e. The lowest BCUT2D eigenvalue weighted by Crippen LogP contribution is -2.42. The summed E-state index contributed by atoms with van der Waals surface area (Å²) < 4.78 is 0. The van der Waals surface area contributed by atoms with Crippen LogP contribution in [-0.4, -0.2) is 19.0 Å². The molecule has 0 aromatic heterocycles. The Balaban J connectivity index is 1.71. The molecule has 3 heteroatoms. The molecule has 0 heterocycles. The van der Waals surface area contributed by atoms with Gasteiger partial charge in [-0.25, -0.2) is 0 Å². The highest BCUT2D eigenvalue weighted by Crippen LogP contribution is 2.47. The normalized spacial score (nSPS) is 33.2. The second kappa shape index (κ2) is 4.36. The van der Waals surface area contributed by atoms with E-state index < -0.39 is 5.41 Å². The Morgan fingerprint density at radius 3 is 2.62 bits per heavy atom. The van der Waals surface area contributed by atoms with Gasteiger partial charge in [-0.05, 0) is 57.4 Å². The Morgan fingerprint density at radius 2 is 2.12 bits per heavy atom. The lowest BCUT2D eigenvalue weighted by Gasteiger charge is -2.25. The van der Waals surface area contributed by atoms with Crippen LogP contribution < -0.4 is 11.1 Å². The van der Waals surface area contributed by atoms with Crippen molar-refractivity contribution in [2.45, 2.75) is 39.5 Å². The van der Waals surface area contributed by atoms with Crippen LogP contribution in [0.4, 0.5) is 0 Å². The van der Waals surface area contributed by atoms with E-state index in [0.717, 1.165) is 24.3 Å². The van der Waals surface area contributed by atoms with Crippen molar-refractivity contribution < 1.29 is 4.79 Å². The monoisotopic (exact) mass is 224 g/mol. The lowest BCUT2D eigenvalue weighted by molar-refractivity contribution is -0.125. The van der Waals surface area contributed by atoms with Crippen molar-refractivity contribution in [2.75, 3.05) is 13.1 Å². The Bertz CT molecular complexity index is 275. The summed E-state index contributed by atoms with van der Waals surface area (Å²) in [6.07, 6.45) is 5.73. The van der Waals surface area contributed by atoms with Crippen LogP contribution in [0.25, 0.3) is 0 Å². The Hall–Kier alpha value is -0.570. The van der Waals surface area contributed by atoms with Crippen LogP contribution in [0.1, 0.15) is 39.5 Å². The van der Waals surface area contributed by atoms with Gasteiger partial charge in [0.15, 0.2) is 0 Å². The standard InChI is InChI=1S/C13H24N2O/c1-13(2,12(14)16)8-15-7-11-6-9-3-4-10(11)5-9/h9-11,15H,3-8H2,1-2H3,(H2,14,16). The molecule has 0 radical (unpaired) electrons. The number of amides is 1. The molecule has 2 saturated carbocycles. The predicted molar refractivity (Wildman–Crippen MR) is 64.8 cm³/mol. The highest BCUT2D eigenvalue weighted by molar-refractivity contribution is 5.80. The maximum absolute atomic E-state index is 11.2. The first kappa shape index (κ1) is 11.9. The molecule has 0 aromatic rings. The smallest absolute Gasteiger partial charge is 0.224 e. The molecule has 3 unspecified atom stereocenters. The summed E-state index contributed by atoms with van der Waals surface area (Å²) in [5.41, 5.74) is 4.93. The fraction of sp³-hybridized carbons (Fsp3) is 0.923. The van der Waals surface area contributed by atoms with Crippen LogP contribution in [-0.2, 0) is 4.79 Å². The zero-order chi connectivity index (χ0) is 11.8. The van der Waals surface area contributed by atoms with Gasteiger partial charge in [0.2, 0.25) is 5.91 Å². The van der Waals surface area contributed by atoms with Crippen LogP contribution >= 0.6 is 0 Å². The Labute approximate surface area is 98.2 Å². The molecular weight excluding hydrogens is 200 g/mol. The number of hydrogen-bond donors (Lipinski definition) is 2. The fourth-order valence-corrected chi connectivity index (χ4v) is 3.28. The van der Waals surface area contributed by atoms with Gasteiger partial charge in [-0.1, -0.05) is 6.42 Å². The topological polar surface area (TPSA) is 55.1 Å². The molecule has 0 spiro atoms. The first-order valence-corrected chi connectivity index (χ1v) is 6.49. The van der Waals surface area contributed by atoms with E-state index >= 15 is 0 Å². The molecule has 2 rings (SSSR count). The molecule has 3 atom stereocenters. The van der Waals surface area contributed by atoms with E-state index in [1.165, 1.54) is 25.7 Å². The molecule has 2 bridgehead atoms. The van der Waals surface area contributed by atoms with Crippen molar-refractivity contribution in [1.29, 1.82) is 0 Å². The van der Waals surface area contributed by atoms with Gasteiger partial charge in [0, 0.05) is 6.54 Å². The number of hydrogen-bond acceptors (Lipinski definition) is 2. The van der Waals surface area contributed by atoms with Crippen molar-refractivity contribution in [3.05, 3.63) is 0 Å². The number of fused-ring (bicyclic) bond motifs is 2. The minimum absolute atomic E-state index is 0.215. The van der Waals surface area contributed by atoms with E-state index in [1.807, 2.05) is 13.8 Å². The van der Waals surface area contributed by atoms with E-state index in [0.29, 0.717) is 6.54 Å². The molecule has 0 saturated heterocycles. The molecule has 92 valence electrons. The summed E-state index contributed by atoms with van der Waals surface area (Å²) in [4.78, 5) is 11.2. The van der Waals surface area contributed by atoms with Gasteiger partial charge < -0.3 is 11.1 Å². The van der Waals surface area contributed by atoms with Gasteiger partial charge in [0.05, 0.1) is 5.41 Å². The van der Waals surface area contributed by atoms with Gasteiger partial charge in [-0.3, -0.25) is 4.79 Å². The Kier molecular flexibility index (Phi) is 3.24. The summed E-state index contributed by atoms with van der Waals surface area (Å²) in [7, 11) is 0. The third-order valence-corrected chi connectivity index (χ3v) is 4.53. The molecule has 3 nitrogen and oxygen atoms in total. The van der Waals surface area contributed by atoms with Crippen LogP contribution in [0.2, 0.25) is 0 Å². The zero-order valence-corrected chi connectivity index (χ0v) is 10.5. The van der Waals surface area contributed by atoms with Crippen LogP contribution in [0, 0.1) is 23.2 Å². The number of rotatable bonds is 5. The van der Waals surface area contributed by atoms with E-state index in [2.05, 4.69) is 5.32 Å². The number of carbonyl (C=O) groups excluding carboxylic acids is 1. The molecule has 3 N–H and O–H groups in total. The summed E-state index contributed by atoms with van der Waals surface area (Å²) >= 11 is 0. The second-order valence-electron chi connectivity index (χ2n) is 6.31. The number of carbonyl (C=O) groups is 1. The maximum Gasteiger partial charge on any atom is 0.224 e. The van der Waals surface area contributed by atoms with E-state index in [4.69, 9.17) is 5.73 Å². The SMILES string of the molecule is CC(C)(CNCC1CC2CCC1C2)C(N)=O. The first-order valence-electron chi connectivity index (χ1n) is 6.49. The molecule has 0 aliphatic heterocycles. The van der Waals surface area contributed by atoms with Crippen LogP contribution in [0.3, 0.4) is 0 Å². The number of primary amides is 1. The maximum atomic E-state index is 11.2. The molecule has 16 heavy (non-hydrogen) atoms. The molecule has 2 aliphatic rings. The summed E-state index contributed by atoms with van der Waals surface area (Å²) in [6.45, 7) is 5.58. The van der Waals surface area contributed by atoms with Gasteiger partial charge in [-0.15, -0.1) is 0 Å². The van der Waals surface area contributed by atoms with Gasteiger partial charge in [0.25, 0.3) is 0 Å². The molecule has 0 aromatic carbocycles. The van der Waals surface area contributed by atoms with E-state index in [-0.39, 0.29) is 5.91 Å². The van der Waals surface area contributed by atoms with Gasteiger partial charge in [-0.2, -0.15) is 0 Å². The quantitative estimate of drug-likeness (QED) is 0.744. The molecule has 2 aliphatic carbocycles. The minimum atomic E-state index is -0.419. The summed E-state index contributed by atoms with van der Waals surface area (Å²) in [5.74, 6) is 2.59. The highest BCUT2D eigenvalue weighted by atomic mass is 16.1. The Morgan fingerprint density at radius 1 is 1.38 bits per heavy atom. The highest BCUT2D eigenvalue weighted by Gasteiger charge is 2.39. The third kappa shape index (κ3) is 2.40. The third-order valence-electron chi connectivity index (χ3n) is 4.53. The van der Waals surface area contributed by atoms with E-state index in [9.17, 15) is 4.79 Å². The molecule has 1 amide bonds. The van der Waals surface area contributed by atoms with Crippen molar-refractivity contribution in [3.8, 4) is 0 Å². The average molecular weight is 224 g/mol. The number of nitrogens with one attached hydrogen (secondary N) is 1. The predicted octanol–water partition coefficient (Wildman–Crippen LogP) is 1.52. The molecule has 2 fully saturated rings. The van der Waals surface area contributed by atoms with Crippen LogP contribution in [0.5, 0.6) is 0 Å². The van der Waals surface area contributed by atoms with Gasteiger partial charge in [0.1, 0.15) is 0 Å². The number of nitrogens with two attached hydrogens (primary N) is 1. The van der Waals surface area contributed by atoms with Crippen molar-refractivity contribution in [1.82, 2.24) is 5.32 Å². The van der Waals surface area contributed by atoms with Crippen molar-refractivity contribution in [2.24, 2.45) is 28.9 Å². The fourth-order valence-electron chi connectivity index (χ4n) is 3.28. The van der Waals surface area contributed by atoms with Gasteiger partial charge >= 0.3 is 0 Å². The first-order chi connectivity index (χ1) is 7.49. The van der Waals surface area contributed by atoms with Crippen LogP contribution in [0.15, 0.2) is 0 Å². The average Bonchev–Trinajstić information content (AvgIpc) is 2.78. The molecular formula is C13H24N2O. The second-order valence-corrected chi connectivity index (χ2v) is 6.31. The van der Waals surface area contributed by atoms with Crippen molar-refractivity contribution >= 4 is 5.91 Å². The van der Waals surface area contributed by atoms with E-state index in [1.54, 1.807) is 0 Å². The zero-order valence-electron chi connectivity index (χ0n) is 10.5. The minimum Gasteiger partial charge on any atom is -0.369 e. The summed E-state index contributed by atoms with van der Waals surface area (Å²) in [5, 5.41) is 3.43. The van der Waals surface area contributed by atoms with Crippen molar-refractivity contribution in [3.63, 3.8) is 0 Å². The summed E-state index contributed by atoms with van der Waals surface area (Å²) in [6, 6.07) is 0.